The second-order valence-electron chi connectivity index (χ2n) is 3.13. The Labute approximate surface area is 86.9 Å². The highest BCUT2D eigenvalue weighted by molar-refractivity contribution is 9.10. The molecule has 0 aromatic heterocycles. The van der Waals surface area contributed by atoms with Crippen LogP contribution in [0.3, 0.4) is 0 Å². The normalized spacial score (nSPS) is 12.9. The number of benzene rings is 1. The van der Waals surface area contributed by atoms with E-state index in [1.807, 2.05) is 25.1 Å². The summed E-state index contributed by atoms with van der Waals surface area (Å²) in [6.45, 7) is 2.16. The summed E-state index contributed by atoms with van der Waals surface area (Å²) in [4.78, 5) is 0. The molecule has 0 saturated heterocycles. The van der Waals surface area contributed by atoms with Crippen LogP contribution < -0.4 is 5.73 Å². The van der Waals surface area contributed by atoms with Crippen LogP contribution in [0.2, 0.25) is 0 Å². The topological polar surface area (TPSA) is 46.2 Å². The fourth-order valence-corrected chi connectivity index (χ4v) is 1.54. The van der Waals surface area contributed by atoms with Crippen molar-refractivity contribution in [1.29, 1.82) is 0 Å². The number of aliphatic hydroxyl groups is 1. The van der Waals surface area contributed by atoms with Crippen molar-refractivity contribution in [3.63, 3.8) is 0 Å². The summed E-state index contributed by atoms with van der Waals surface area (Å²) in [6.07, 6.45) is 0.607. The minimum atomic E-state index is -0.0677. The van der Waals surface area contributed by atoms with Crippen molar-refractivity contribution in [3.8, 4) is 0 Å². The maximum absolute atomic E-state index is 8.73. The highest BCUT2D eigenvalue weighted by atomic mass is 79.9. The van der Waals surface area contributed by atoms with Gasteiger partial charge in [0.15, 0.2) is 0 Å². The van der Waals surface area contributed by atoms with Gasteiger partial charge in [-0.15, -0.1) is 0 Å². The summed E-state index contributed by atoms with van der Waals surface area (Å²) in [5.41, 5.74) is 8.10. The second kappa shape index (κ2) is 4.74. The molecule has 3 N–H and O–H groups in total. The van der Waals surface area contributed by atoms with Crippen molar-refractivity contribution in [1.82, 2.24) is 0 Å². The summed E-state index contributed by atoms with van der Waals surface area (Å²) in [7, 11) is 0. The Kier molecular flexibility index (Phi) is 3.90. The van der Waals surface area contributed by atoms with Crippen LogP contribution in [0, 0.1) is 6.92 Å². The van der Waals surface area contributed by atoms with E-state index in [0.29, 0.717) is 6.42 Å². The summed E-state index contributed by atoms with van der Waals surface area (Å²) >= 11 is 3.45. The Morgan fingerprint density at radius 3 is 2.77 bits per heavy atom. The number of rotatable bonds is 3. The Morgan fingerprint density at radius 2 is 2.23 bits per heavy atom. The standard InChI is InChI=1S/C10H14BrNO/c1-7-2-3-8(6-9(7)11)10(12)4-5-13/h2-3,6,10,13H,4-5,12H2,1H3/t10-/m1/s1. The van der Waals surface area contributed by atoms with Crippen molar-refractivity contribution in [3.05, 3.63) is 33.8 Å². The molecule has 0 unspecified atom stereocenters. The zero-order valence-electron chi connectivity index (χ0n) is 7.63. The quantitative estimate of drug-likeness (QED) is 0.855. The van der Waals surface area contributed by atoms with Crippen molar-refractivity contribution in [2.45, 2.75) is 19.4 Å². The molecule has 0 radical (unpaired) electrons. The molecule has 0 bridgehead atoms. The highest BCUT2D eigenvalue weighted by Crippen LogP contribution is 2.21. The van der Waals surface area contributed by atoms with E-state index in [0.717, 1.165) is 10.0 Å². The van der Waals surface area contributed by atoms with Crippen LogP contribution in [-0.4, -0.2) is 11.7 Å². The molecule has 0 fully saturated rings. The van der Waals surface area contributed by atoms with Gasteiger partial charge in [-0.2, -0.15) is 0 Å². The molecule has 1 atom stereocenters. The van der Waals surface area contributed by atoms with Crippen LogP contribution in [0.15, 0.2) is 22.7 Å². The maximum Gasteiger partial charge on any atom is 0.0449 e. The summed E-state index contributed by atoms with van der Waals surface area (Å²) < 4.78 is 1.07. The van der Waals surface area contributed by atoms with Crippen LogP contribution in [0.4, 0.5) is 0 Å². The van der Waals surface area contributed by atoms with Crippen LogP contribution >= 0.6 is 15.9 Å². The maximum atomic E-state index is 8.73. The Bertz CT molecular complexity index is 288. The summed E-state index contributed by atoms with van der Waals surface area (Å²) in [5.74, 6) is 0. The summed E-state index contributed by atoms with van der Waals surface area (Å²) in [6, 6.07) is 5.97. The predicted octanol–water partition coefficient (Wildman–Crippen LogP) is 2.14. The predicted molar refractivity (Wildman–Crippen MR) is 57.5 cm³/mol. The lowest BCUT2D eigenvalue weighted by Gasteiger charge is -2.11. The van der Waals surface area contributed by atoms with Crippen LogP contribution in [0.25, 0.3) is 0 Å². The Balaban J connectivity index is 2.84. The Morgan fingerprint density at radius 1 is 1.54 bits per heavy atom. The van der Waals surface area contributed by atoms with Gasteiger partial charge in [-0.05, 0) is 30.5 Å². The number of aryl methyl sites for hydroxylation is 1. The molecule has 0 aliphatic heterocycles. The molecule has 0 spiro atoms. The molecule has 0 aliphatic rings. The second-order valence-corrected chi connectivity index (χ2v) is 3.98. The van der Waals surface area contributed by atoms with E-state index >= 15 is 0 Å². The molecule has 1 aromatic carbocycles. The van der Waals surface area contributed by atoms with Crippen LogP contribution in [0.1, 0.15) is 23.6 Å². The minimum Gasteiger partial charge on any atom is -0.396 e. The fourth-order valence-electron chi connectivity index (χ4n) is 1.15. The van der Waals surface area contributed by atoms with Gasteiger partial charge in [-0.3, -0.25) is 0 Å². The molecule has 0 aliphatic carbocycles. The van der Waals surface area contributed by atoms with E-state index in [-0.39, 0.29) is 12.6 Å². The van der Waals surface area contributed by atoms with Crippen molar-refractivity contribution in [2.75, 3.05) is 6.61 Å². The molecule has 2 nitrogen and oxygen atoms in total. The molecule has 0 saturated carbocycles. The van der Waals surface area contributed by atoms with E-state index in [2.05, 4.69) is 15.9 Å². The van der Waals surface area contributed by atoms with Crippen molar-refractivity contribution < 1.29 is 5.11 Å². The van der Waals surface area contributed by atoms with Crippen molar-refractivity contribution >= 4 is 15.9 Å². The number of hydrogen-bond donors (Lipinski definition) is 2. The molecular weight excluding hydrogens is 230 g/mol. The van der Waals surface area contributed by atoms with Crippen molar-refractivity contribution in [2.24, 2.45) is 5.73 Å². The fraction of sp³-hybridized carbons (Fsp3) is 0.400. The lowest BCUT2D eigenvalue weighted by molar-refractivity contribution is 0.276. The SMILES string of the molecule is Cc1ccc([C@H](N)CCO)cc1Br. The molecule has 3 heteroatoms. The van der Waals surface area contributed by atoms with E-state index in [1.165, 1.54) is 5.56 Å². The first-order chi connectivity index (χ1) is 6.15. The number of aliphatic hydroxyl groups excluding tert-OH is 1. The van der Waals surface area contributed by atoms with E-state index < -0.39 is 0 Å². The molecule has 1 rings (SSSR count). The first-order valence-corrected chi connectivity index (χ1v) is 5.07. The monoisotopic (exact) mass is 243 g/mol. The zero-order chi connectivity index (χ0) is 9.84. The largest absolute Gasteiger partial charge is 0.396 e. The average molecular weight is 244 g/mol. The Hall–Kier alpha value is -0.380. The molecular formula is C10H14BrNO. The number of nitrogens with two attached hydrogens (primary N) is 1. The van der Waals surface area contributed by atoms with Gasteiger partial charge in [0.25, 0.3) is 0 Å². The highest BCUT2D eigenvalue weighted by Gasteiger charge is 2.05. The van der Waals surface area contributed by atoms with E-state index in [9.17, 15) is 0 Å². The van der Waals surface area contributed by atoms with Gasteiger partial charge >= 0.3 is 0 Å². The first-order valence-electron chi connectivity index (χ1n) is 4.27. The average Bonchev–Trinajstić information content (AvgIpc) is 2.10. The molecule has 1 aromatic rings. The van der Waals surface area contributed by atoms with Gasteiger partial charge in [0.2, 0.25) is 0 Å². The third-order valence-corrected chi connectivity index (χ3v) is 2.92. The minimum absolute atomic E-state index is 0.0677. The third-order valence-electron chi connectivity index (χ3n) is 2.06. The lowest BCUT2D eigenvalue weighted by atomic mass is 10.0. The first kappa shape index (κ1) is 10.7. The van der Waals surface area contributed by atoms with Gasteiger partial charge in [-0.25, -0.2) is 0 Å². The molecule has 72 valence electrons. The van der Waals surface area contributed by atoms with Gasteiger partial charge in [0.05, 0.1) is 0 Å². The molecule has 0 amide bonds. The van der Waals surface area contributed by atoms with E-state index in [1.54, 1.807) is 0 Å². The van der Waals surface area contributed by atoms with Gasteiger partial charge in [0, 0.05) is 17.1 Å². The molecule has 13 heavy (non-hydrogen) atoms. The van der Waals surface area contributed by atoms with Gasteiger partial charge < -0.3 is 10.8 Å². The smallest absolute Gasteiger partial charge is 0.0449 e. The van der Waals surface area contributed by atoms with E-state index in [4.69, 9.17) is 10.8 Å². The van der Waals surface area contributed by atoms with Crippen LogP contribution in [0.5, 0.6) is 0 Å². The van der Waals surface area contributed by atoms with Crippen LogP contribution in [-0.2, 0) is 0 Å². The van der Waals surface area contributed by atoms with Gasteiger partial charge in [0.1, 0.15) is 0 Å². The lowest BCUT2D eigenvalue weighted by Crippen LogP contribution is -2.11. The third kappa shape index (κ3) is 2.79. The molecule has 0 heterocycles. The summed E-state index contributed by atoms with van der Waals surface area (Å²) in [5, 5.41) is 8.73. The number of hydrogen-bond acceptors (Lipinski definition) is 2. The number of halogens is 1. The zero-order valence-corrected chi connectivity index (χ0v) is 9.21. The van der Waals surface area contributed by atoms with Gasteiger partial charge in [-0.1, -0.05) is 28.1 Å².